The second-order valence-corrected chi connectivity index (χ2v) is 7.91. The number of nitrogens with zero attached hydrogens (tertiary/aromatic N) is 2. The Morgan fingerprint density at radius 2 is 2.19 bits per heavy atom. The van der Waals surface area contributed by atoms with Gasteiger partial charge in [0.05, 0.1) is 36.7 Å². The number of carbonyl (C=O) groups is 3. The van der Waals surface area contributed by atoms with Gasteiger partial charge in [-0.3, -0.25) is 14.5 Å². The van der Waals surface area contributed by atoms with E-state index in [2.05, 4.69) is 10.5 Å². The van der Waals surface area contributed by atoms with Gasteiger partial charge in [0.25, 0.3) is 0 Å². The van der Waals surface area contributed by atoms with E-state index < -0.39 is 29.5 Å². The highest BCUT2D eigenvalue weighted by atomic mass is 16.5. The molecule has 1 aromatic heterocycles. The van der Waals surface area contributed by atoms with Gasteiger partial charge in [0, 0.05) is 11.8 Å². The molecule has 1 N–H and O–H groups in total. The first-order chi connectivity index (χ1) is 14.9. The second-order valence-electron chi connectivity index (χ2n) is 7.91. The molecule has 1 aromatic carbocycles. The van der Waals surface area contributed by atoms with E-state index in [-0.39, 0.29) is 25.0 Å². The number of aryl methyl sites for hydroxylation is 1. The third-order valence-corrected chi connectivity index (χ3v) is 5.94. The van der Waals surface area contributed by atoms with Gasteiger partial charge in [-0.2, -0.15) is 0 Å². The number of fused-ring (bicyclic) bond motifs is 1. The van der Waals surface area contributed by atoms with E-state index in [1.54, 1.807) is 44.2 Å². The minimum atomic E-state index is -0.858. The van der Waals surface area contributed by atoms with Gasteiger partial charge in [0.1, 0.15) is 11.4 Å². The van der Waals surface area contributed by atoms with Gasteiger partial charge in [-0.25, -0.2) is 4.79 Å². The first-order valence-electron chi connectivity index (χ1n) is 10.1. The third kappa shape index (κ3) is 3.04. The zero-order valence-electron chi connectivity index (χ0n) is 17.0. The Kier molecular flexibility index (Phi) is 4.44. The fourth-order valence-corrected chi connectivity index (χ4v) is 4.64. The number of hydrogen-bond donors (Lipinski definition) is 1. The van der Waals surface area contributed by atoms with Gasteiger partial charge in [-0.1, -0.05) is 23.4 Å². The smallest absolute Gasteiger partial charge is 0.338 e. The number of esters is 1. The first-order valence-corrected chi connectivity index (χ1v) is 10.1. The highest BCUT2D eigenvalue weighted by molar-refractivity contribution is 6.05. The Balaban J connectivity index is 1.38. The van der Waals surface area contributed by atoms with Gasteiger partial charge >= 0.3 is 5.97 Å². The zero-order valence-corrected chi connectivity index (χ0v) is 17.0. The average Bonchev–Trinajstić information content (AvgIpc) is 3.49. The van der Waals surface area contributed by atoms with Crippen LogP contribution in [0.2, 0.25) is 0 Å². The lowest BCUT2D eigenvalue weighted by atomic mass is 9.76. The Labute approximate surface area is 178 Å². The summed E-state index contributed by atoms with van der Waals surface area (Å²) in [6.45, 7) is 4.01. The fourth-order valence-electron chi connectivity index (χ4n) is 4.64. The van der Waals surface area contributed by atoms with Crippen LogP contribution in [0.3, 0.4) is 0 Å². The molecule has 9 nitrogen and oxygen atoms in total. The molecule has 2 aromatic rings. The highest BCUT2D eigenvalue weighted by Crippen LogP contribution is 2.52. The van der Waals surface area contributed by atoms with E-state index in [1.165, 1.54) is 4.90 Å². The maximum Gasteiger partial charge on any atom is 0.338 e. The molecule has 5 rings (SSSR count). The summed E-state index contributed by atoms with van der Waals surface area (Å²) >= 11 is 0. The lowest BCUT2D eigenvalue weighted by Crippen LogP contribution is -2.41. The number of amides is 2. The van der Waals surface area contributed by atoms with Gasteiger partial charge in [0.2, 0.25) is 11.8 Å². The lowest BCUT2D eigenvalue weighted by Gasteiger charge is -2.23. The molecule has 2 amide bonds. The van der Waals surface area contributed by atoms with Crippen molar-refractivity contribution in [3.63, 3.8) is 0 Å². The summed E-state index contributed by atoms with van der Waals surface area (Å²) < 4.78 is 16.2. The van der Waals surface area contributed by atoms with Crippen molar-refractivity contribution < 1.29 is 28.4 Å². The van der Waals surface area contributed by atoms with Crippen LogP contribution in [-0.2, 0) is 19.1 Å². The Morgan fingerprint density at radius 3 is 2.94 bits per heavy atom. The monoisotopic (exact) mass is 423 g/mol. The summed E-state index contributed by atoms with van der Waals surface area (Å²) in [6, 6.07) is 8.19. The predicted molar refractivity (Wildman–Crippen MR) is 108 cm³/mol. The average molecular weight is 423 g/mol. The summed E-state index contributed by atoms with van der Waals surface area (Å²) in [5, 5.41) is 6.77. The molecule has 160 valence electrons. The number of carbonyl (C=O) groups excluding carboxylic acids is 3. The molecule has 0 saturated carbocycles. The van der Waals surface area contributed by atoms with Crippen LogP contribution < -0.4 is 10.2 Å². The summed E-state index contributed by atoms with van der Waals surface area (Å²) in [5.41, 5.74) is -0.0702. The maximum atomic E-state index is 13.3. The number of nitrogens with one attached hydrogen (secondary N) is 1. The molecule has 2 saturated heterocycles. The molecule has 4 heterocycles. The van der Waals surface area contributed by atoms with Crippen molar-refractivity contribution >= 4 is 29.3 Å². The molecule has 0 radical (unpaired) electrons. The molecule has 0 unspecified atom stereocenters. The summed E-state index contributed by atoms with van der Waals surface area (Å²) in [7, 11) is 0. The number of benzene rings is 1. The van der Waals surface area contributed by atoms with E-state index >= 15 is 0 Å². The summed E-state index contributed by atoms with van der Waals surface area (Å²) in [6.07, 6.45) is 3.22. The molecule has 2 fully saturated rings. The van der Waals surface area contributed by atoms with E-state index in [0.29, 0.717) is 22.8 Å². The third-order valence-electron chi connectivity index (χ3n) is 5.94. The Hall–Kier alpha value is -3.46. The summed E-state index contributed by atoms with van der Waals surface area (Å²) in [4.78, 5) is 39.9. The minimum absolute atomic E-state index is 0.222. The quantitative estimate of drug-likeness (QED) is 0.579. The molecule has 1 spiro atoms. The number of hydrogen-bond acceptors (Lipinski definition) is 7. The van der Waals surface area contributed by atoms with Crippen molar-refractivity contribution in [1.29, 1.82) is 0 Å². The Morgan fingerprint density at radius 1 is 1.35 bits per heavy atom. The van der Waals surface area contributed by atoms with Crippen LogP contribution in [0.15, 0.2) is 47.0 Å². The molecule has 3 aliphatic rings. The van der Waals surface area contributed by atoms with Crippen LogP contribution in [-0.4, -0.2) is 47.8 Å². The topological polar surface area (TPSA) is 111 Å². The van der Waals surface area contributed by atoms with Crippen molar-refractivity contribution in [2.24, 2.45) is 11.8 Å². The number of aromatic nitrogens is 1. The first kappa shape index (κ1) is 19.5. The standard InChI is InChI=1S/C22H21N3O6/c1-3-29-21(28)13-5-4-6-14(10-13)23-19(26)17-15-7-8-22(30-15)11-25(20(27)18(17)22)16-9-12(2)31-24-16/h4-10,15,17-18H,3,11H2,1-2H3,(H,23,26)/t15-,17-,18+,22-/m1/s1. The molecule has 0 aliphatic carbocycles. The maximum absolute atomic E-state index is 13.3. The minimum Gasteiger partial charge on any atom is -0.462 e. The van der Waals surface area contributed by atoms with E-state index in [0.717, 1.165) is 0 Å². The van der Waals surface area contributed by atoms with E-state index in [4.69, 9.17) is 14.0 Å². The molecule has 4 atom stereocenters. The van der Waals surface area contributed by atoms with Gasteiger partial charge in [-0.15, -0.1) is 0 Å². The Bertz CT molecular complexity index is 1110. The summed E-state index contributed by atoms with van der Waals surface area (Å²) in [5.74, 6) is -1.38. The number of rotatable bonds is 5. The van der Waals surface area contributed by atoms with Crippen LogP contribution >= 0.6 is 0 Å². The van der Waals surface area contributed by atoms with Crippen molar-refractivity contribution in [3.8, 4) is 0 Å². The van der Waals surface area contributed by atoms with Crippen LogP contribution in [0.4, 0.5) is 11.5 Å². The van der Waals surface area contributed by atoms with Crippen LogP contribution in [0.25, 0.3) is 0 Å². The number of anilines is 2. The molecule has 31 heavy (non-hydrogen) atoms. The van der Waals surface area contributed by atoms with Gasteiger partial charge in [-0.05, 0) is 32.0 Å². The second kappa shape index (κ2) is 7.05. The van der Waals surface area contributed by atoms with Crippen molar-refractivity contribution in [2.45, 2.75) is 25.6 Å². The molecule has 2 bridgehead atoms. The zero-order chi connectivity index (χ0) is 21.8. The molecular formula is C22H21N3O6. The highest BCUT2D eigenvalue weighted by Gasteiger charge is 2.67. The largest absolute Gasteiger partial charge is 0.462 e. The van der Waals surface area contributed by atoms with Crippen LogP contribution in [0.1, 0.15) is 23.0 Å². The van der Waals surface area contributed by atoms with Gasteiger partial charge < -0.3 is 19.3 Å². The van der Waals surface area contributed by atoms with Crippen molar-refractivity contribution in [2.75, 3.05) is 23.4 Å². The van der Waals surface area contributed by atoms with Crippen molar-refractivity contribution in [3.05, 3.63) is 53.8 Å². The van der Waals surface area contributed by atoms with E-state index in [1.807, 2.05) is 12.2 Å². The molecular weight excluding hydrogens is 402 g/mol. The van der Waals surface area contributed by atoms with Gasteiger partial charge in [0.15, 0.2) is 5.82 Å². The van der Waals surface area contributed by atoms with E-state index in [9.17, 15) is 14.4 Å². The SMILES string of the molecule is CCOC(=O)c1cccc(NC(=O)[C@H]2[C@H]3C(=O)N(c4cc(C)on4)C[C@]34C=C[C@H]2O4)c1. The molecule has 3 aliphatic heterocycles. The van der Waals surface area contributed by atoms with Crippen molar-refractivity contribution in [1.82, 2.24) is 5.16 Å². The fraction of sp³-hybridized carbons (Fsp3) is 0.364. The normalized spacial score (nSPS) is 28.1. The van der Waals surface area contributed by atoms with Crippen LogP contribution in [0, 0.1) is 18.8 Å². The lowest BCUT2D eigenvalue weighted by molar-refractivity contribution is -0.128. The predicted octanol–water partition coefficient (Wildman–Crippen LogP) is 2.08. The number of ether oxygens (including phenoxy) is 2. The molecule has 9 heteroatoms. The van der Waals surface area contributed by atoms with Crippen LogP contribution in [0.5, 0.6) is 0 Å².